The van der Waals surface area contributed by atoms with Crippen LogP contribution in [0, 0.1) is 12.8 Å². The van der Waals surface area contributed by atoms with Crippen molar-refractivity contribution in [3.05, 3.63) is 80.9 Å². The number of hydrogen-bond acceptors (Lipinski definition) is 5. The van der Waals surface area contributed by atoms with Crippen molar-refractivity contribution in [3.8, 4) is 5.69 Å². The Bertz CT molecular complexity index is 1270. The lowest BCUT2D eigenvalue weighted by Gasteiger charge is -2.33. The van der Waals surface area contributed by atoms with Gasteiger partial charge >= 0.3 is 11.4 Å². The molecular weight excluding hydrogens is 440 g/mol. The van der Waals surface area contributed by atoms with Gasteiger partial charge in [0.25, 0.3) is 0 Å². The molecule has 9 heteroatoms. The van der Waals surface area contributed by atoms with Gasteiger partial charge in [-0.25, -0.2) is 22.9 Å². The fraction of sp³-hybridized carbons (Fsp3) is 0.440. The van der Waals surface area contributed by atoms with Crippen LogP contribution in [0.3, 0.4) is 0 Å². The molecule has 7 nitrogen and oxygen atoms in total. The number of rotatable bonds is 6. The predicted molar refractivity (Wildman–Crippen MR) is 128 cm³/mol. The molecule has 1 unspecified atom stereocenters. The van der Waals surface area contributed by atoms with Gasteiger partial charge in [0.05, 0.1) is 11.9 Å². The lowest BCUT2D eigenvalue weighted by atomic mass is 9.92. The van der Waals surface area contributed by atoms with E-state index >= 15 is 0 Å². The van der Waals surface area contributed by atoms with Crippen molar-refractivity contribution in [2.24, 2.45) is 5.92 Å². The van der Waals surface area contributed by atoms with Crippen molar-refractivity contribution in [2.75, 3.05) is 11.9 Å². The summed E-state index contributed by atoms with van der Waals surface area (Å²) in [5.41, 5.74) is -0.0358. The Hall–Kier alpha value is -3.36. The topological polar surface area (TPSA) is 73.0 Å². The van der Waals surface area contributed by atoms with Crippen LogP contribution in [0.2, 0.25) is 0 Å². The Balaban J connectivity index is 1.83. The number of halogens is 2. The summed E-state index contributed by atoms with van der Waals surface area (Å²) in [5, 5.41) is 0. The molecular formula is C25H29F2N5O2. The maximum Gasteiger partial charge on any atom is 0.359 e. The van der Waals surface area contributed by atoms with Gasteiger partial charge < -0.3 is 4.90 Å². The Kier molecular flexibility index (Phi) is 6.90. The van der Waals surface area contributed by atoms with Crippen LogP contribution in [0.15, 0.2) is 64.0 Å². The van der Waals surface area contributed by atoms with E-state index in [1.54, 1.807) is 12.3 Å². The molecule has 1 fully saturated rings. The third-order valence-corrected chi connectivity index (χ3v) is 6.63. The number of hydrogen-bond donors (Lipinski definition) is 0. The molecule has 0 radical (unpaired) electrons. The van der Waals surface area contributed by atoms with Crippen LogP contribution in [0.25, 0.3) is 5.69 Å². The van der Waals surface area contributed by atoms with Crippen LogP contribution in [0.4, 0.5) is 14.7 Å². The molecule has 0 amide bonds. The smallest absolute Gasteiger partial charge is 0.342 e. The van der Waals surface area contributed by atoms with Gasteiger partial charge in [0, 0.05) is 31.7 Å². The minimum atomic E-state index is -0.967. The summed E-state index contributed by atoms with van der Waals surface area (Å²) >= 11 is 0. The van der Waals surface area contributed by atoms with E-state index in [1.807, 2.05) is 18.9 Å². The fourth-order valence-electron chi connectivity index (χ4n) is 4.82. The monoisotopic (exact) mass is 469 g/mol. The molecule has 1 saturated carbocycles. The molecule has 1 atom stereocenters. The molecule has 2 aliphatic carbocycles. The van der Waals surface area contributed by atoms with E-state index in [1.165, 1.54) is 22.9 Å². The van der Waals surface area contributed by atoms with Crippen molar-refractivity contribution in [1.82, 2.24) is 19.1 Å². The first kappa shape index (κ1) is 23.8. The minimum Gasteiger partial charge on any atom is -0.342 e. The van der Waals surface area contributed by atoms with E-state index in [0.717, 1.165) is 42.2 Å². The third-order valence-electron chi connectivity index (χ3n) is 6.63. The summed E-state index contributed by atoms with van der Waals surface area (Å²) in [6, 6.07) is 1.82. The molecule has 0 N–H and O–H groups in total. The largest absolute Gasteiger partial charge is 0.359 e. The Morgan fingerprint density at radius 2 is 1.94 bits per heavy atom. The Morgan fingerprint density at radius 3 is 2.62 bits per heavy atom. The summed E-state index contributed by atoms with van der Waals surface area (Å²) in [6.45, 7) is 5.42. The normalized spacial score (nSPS) is 19.2. The van der Waals surface area contributed by atoms with Gasteiger partial charge in [0.15, 0.2) is 11.7 Å². The first-order valence-corrected chi connectivity index (χ1v) is 11.6. The van der Waals surface area contributed by atoms with Crippen molar-refractivity contribution in [1.29, 1.82) is 0 Å². The Labute approximate surface area is 196 Å². The quantitative estimate of drug-likeness (QED) is 0.636. The second-order valence-electron chi connectivity index (χ2n) is 9.07. The number of allylic oxidation sites excluding steroid dienone is 5. The van der Waals surface area contributed by atoms with Gasteiger partial charge in [0.2, 0.25) is 5.95 Å². The van der Waals surface area contributed by atoms with Crippen LogP contribution < -0.4 is 16.3 Å². The predicted octanol–water partition coefficient (Wildman–Crippen LogP) is 4.15. The summed E-state index contributed by atoms with van der Waals surface area (Å²) < 4.78 is 30.7. The maximum atomic E-state index is 14.3. The first-order valence-electron chi connectivity index (χ1n) is 11.6. The van der Waals surface area contributed by atoms with E-state index in [9.17, 15) is 18.4 Å². The number of anilines is 1. The highest BCUT2D eigenvalue weighted by Crippen LogP contribution is 2.32. The summed E-state index contributed by atoms with van der Waals surface area (Å²) in [4.78, 5) is 37.0. The highest BCUT2D eigenvalue weighted by molar-refractivity contribution is 5.38. The third kappa shape index (κ3) is 4.64. The zero-order chi connectivity index (χ0) is 24.4. The molecule has 0 saturated heterocycles. The van der Waals surface area contributed by atoms with Gasteiger partial charge in [-0.2, -0.15) is 4.98 Å². The van der Waals surface area contributed by atoms with E-state index in [-0.39, 0.29) is 30.5 Å². The molecule has 0 spiro atoms. The van der Waals surface area contributed by atoms with Crippen LogP contribution in [-0.2, 0) is 6.54 Å². The van der Waals surface area contributed by atoms with E-state index in [4.69, 9.17) is 0 Å². The van der Waals surface area contributed by atoms with Crippen LogP contribution in [-0.4, -0.2) is 32.2 Å². The van der Waals surface area contributed by atoms with Gasteiger partial charge in [-0.15, -0.1) is 0 Å². The number of pyridine rings is 1. The lowest BCUT2D eigenvalue weighted by Crippen LogP contribution is -2.46. The average molecular weight is 470 g/mol. The first-order chi connectivity index (χ1) is 16.3. The zero-order valence-corrected chi connectivity index (χ0v) is 19.5. The standard InChI is InChI=1S/C25H29F2N5O2/c1-4-18-11-17(12-21(26)22(18)27)15-31-23(30(3)19-8-6-5-7-9-19)29-24(33)32(25(31)34)20-10-16(2)13-28-14-20/h4,10,12-14,17,19H,1,5-9,11,15H2,2-3H3. The van der Waals surface area contributed by atoms with E-state index < -0.39 is 29.0 Å². The number of aryl methyl sites for hydroxylation is 1. The summed E-state index contributed by atoms with van der Waals surface area (Å²) in [5.74, 6) is -2.16. The SMILES string of the molecule is C=CC1=C(F)C(F)=CC(Cn2c(N(C)C3CCCCC3)nc(=O)n(-c3cncc(C)c3)c2=O)C1. The minimum absolute atomic E-state index is 0.0375. The zero-order valence-electron chi connectivity index (χ0n) is 19.5. The van der Waals surface area contributed by atoms with Gasteiger partial charge in [-0.1, -0.05) is 31.9 Å². The second-order valence-corrected chi connectivity index (χ2v) is 9.07. The van der Waals surface area contributed by atoms with Gasteiger partial charge in [-0.3, -0.25) is 9.55 Å². The highest BCUT2D eigenvalue weighted by Gasteiger charge is 2.27. The van der Waals surface area contributed by atoms with Crippen molar-refractivity contribution in [2.45, 2.75) is 58.0 Å². The molecule has 0 bridgehead atoms. The second kappa shape index (κ2) is 9.87. The van der Waals surface area contributed by atoms with Crippen LogP contribution >= 0.6 is 0 Å². The Morgan fingerprint density at radius 1 is 1.21 bits per heavy atom. The van der Waals surface area contributed by atoms with E-state index in [0.29, 0.717) is 5.69 Å². The van der Waals surface area contributed by atoms with Gasteiger partial charge in [0.1, 0.15) is 0 Å². The maximum absolute atomic E-state index is 14.3. The van der Waals surface area contributed by atoms with Crippen molar-refractivity contribution in [3.63, 3.8) is 0 Å². The molecule has 180 valence electrons. The molecule has 0 aromatic carbocycles. The van der Waals surface area contributed by atoms with Crippen molar-refractivity contribution < 1.29 is 8.78 Å². The summed E-state index contributed by atoms with van der Waals surface area (Å²) in [7, 11) is 1.83. The van der Waals surface area contributed by atoms with Gasteiger partial charge in [-0.05, 0) is 49.5 Å². The van der Waals surface area contributed by atoms with Crippen LogP contribution in [0.5, 0.6) is 0 Å². The van der Waals surface area contributed by atoms with Crippen molar-refractivity contribution >= 4 is 5.95 Å². The number of nitrogens with zero attached hydrogens (tertiary/aromatic N) is 5. The van der Waals surface area contributed by atoms with E-state index in [2.05, 4.69) is 16.5 Å². The number of aromatic nitrogens is 4. The molecule has 2 aromatic rings. The highest BCUT2D eigenvalue weighted by atomic mass is 19.2. The average Bonchev–Trinajstić information content (AvgIpc) is 2.83. The molecule has 2 aromatic heterocycles. The molecule has 34 heavy (non-hydrogen) atoms. The molecule has 2 aliphatic rings. The van der Waals surface area contributed by atoms with Crippen LogP contribution in [0.1, 0.15) is 44.1 Å². The lowest BCUT2D eigenvalue weighted by molar-refractivity contribution is 0.406. The molecule has 4 rings (SSSR count). The molecule has 2 heterocycles. The molecule has 0 aliphatic heterocycles. The fourth-order valence-corrected chi connectivity index (χ4v) is 4.82. The summed E-state index contributed by atoms with van der Waals surface area (Å²) in [6.07, 6.45) is 10.9.